The molecule has 1 aromatic rings. The molecule has 0 unspecified atom stereocenters. The Morgan fingerprint density at radius 3 is 2.60 bits per heavy atom. The van der Waals surface area contributed by atoms with Crippen molar-refractivity contribution in [3.05, 3.63) is 0 Å². The zero-order chi connectivity index (χ0) is 14.2. The summed E-state index contributed by atoms with van der Waals surface area (Å²) in [7, 11) is 0. The van der Waals surface area contributed by atoms with Gasteiger partial charge in [0.15, 0.2) is 5.16 Å². The molecule has 1 aromatic heterocycles. The zero-order valence-electron chi connectivity index (χ0n) is 12.6. The number of nitrogens with one attached hydrogen (secondary N) is 1. The number of unbranched alkanes of at least 4 members (excludes halogenated alkanes) is 1. The second-order valence-corrected chi connectivity index (χ2v) is 6.08. The van der Waals surface area contributed by atoms with E-state index in [0.29, 0.717) is 5.95 Å². The van der Waals surface area contributed by atoms with Crippen molar-refractivity contribution in [2.75, 3.05) is 35.6 Å². The Bertz CT molecular complexity index is 407. The quantitative estimate of drug-likeness (QED) is 0.616. The van der Waals surface area contributed by atoms with Crippen LogP contribution < -0.4 is 10.2 Å². The normalized spacial score (nSPS) is 15.4. The summed E-state index contributed by atoms with van der Waals surface area (Å²) in [5.74, 6) is 2.63. The smallest absolute Gasteiger partial charge is 0.231 e. The molecule has 1 fully saturated rings. The Hall–Kier alpha value is -1.04. The van der Waals surface area contributed by atoms with Crippen LogP contribution in [0.25, 0.3) is 0 Å². The average Bonchev–Trinajstić information content (AvgIpc) is 2.49. The van der Waals surface area contributed by atoms with Crippen LogP contribution in [0.5, 0.6) is 0 Å². The standard InChI is InChI=1S/C14H25N5S/c1-3-5-11-20-14-17-12(15-4-2)16-13(18-14)19-9-7-6-8-10-19/h3-11H2,1-2H3,(H,15,16,17,18). The topological polar surface area (TPSA) is 53.9 Å². The fourth-order valence-corrected chi connectivity index (χ4v) is 3.10. The summed E-state index contributed by atoms with van der Waals surface area (Å²) in [5, 5.41) is 4.07. The Morgan fingerprint density at radius 1 is 1.10 bits per heavy atom. The molecule has 1 saturated heterocycles. The SMILES string of the molecule is CCCCSc1nc(NCC)nc(N2CCCCC2)n1. The minimum Gasteiger partial charge on any atom is -0.354 e. The molecular formula is C14H25N5S. The summed E-state index contributed by atoms with van der Waals surface area (Å²) < 4.78 is 0. The summed E-state index contributed by atoms with van der Waals surface area (Å²) in [4.78, 5) is 16.0. The molecule has 0 bridgehead atoms. The molecule has 1 aliphatic rings. The maximum atomic E-state index is 4.64. The number of aromatic nitrogens is 3. The van der Waals surface area contributed by atoms with E-state index in [0.717, 1.165) is 36.5 Å². The van der Waals surface area contributed by atoms with Gasteiger partial charge < -0.3 is 10.2 Å². The highest BCUT2D eigenvalue weighted by Gasteiger charge is 2.16. The average molecular weight is 295 g/mol. The Balaban J connectivity index is 2.11. The van der Waals surface area contributed by atoms with Crippen molar-refractivity contribution in [1.29, 1.82) is 0 Å². The minimum absolute atomic E-state index is 0.710. The van der Waals surface area contributed by atoms with Gasteiger partial charge in [0.1, 0.15) is 0 Å². The van der Waals surface area contributed by atoms with E-state index in [4.69, 9.17) is 0 Å². The maximum absolute atomic E-state index is 4.64. The third-order valence-electron chi connectivity index (χ3n) is 3.31. The fraction of sp³-hybridized carbons (Fsp3) is 0.786. The van der Waals surface area contributed by atoms with Crippen molar-refractivity contribution in [1.82, 2.24) is 15.0 Å². The fourth-order valence-electron chi connectivity index (χ4n) is 2.19. The predicted molar refractivity (Wildman–Crippen MR) is 85.7 cm³/mol. The second-order valence-electron chi connectivity index (χ2n) is 5.02. The van der Waals surface area contributed by atoms with Crippen molar-refractivity contribution in [2.24, 2.45) is 0 Å². The van der Waals surface area contributed by atoms with Crippen LogP contribution in [0.2, 0.25) is 0 Å². The number of thioether (sulfide) groups is 1. The Kier molecular flexibility index (Phi) is 6.36. The number of rotatable bonds is 7. The van der Waals surface area contributed by atoms with Gasteiger partial charge in [-0.15, -0.1) is 0 Å². The molecule has 0 saturated carbocycles. The highest BCUT2D eigenvalue weighted by atomic mass is 32.2. The Morgan fingerprint density at radius 2 is 1.90 bits per heavy atom. The lowest BCUT2D eigenvalue weighted by molar-refractivity contribution is 0.565. The minimum atomic E-state index is 0.710. The lowest BCUT2D eigenvalue weighted by Gasteiger charge is -2.26. The van der Waals surface area contributed by atoms with Crippen LogP contribution >= 0.6 is 11.8 Å². The van der Waals surface area contributed by atoms with E-state index >= 15 is 0 Å². The van der Waals surface area contributed by atoms with E-state index < -0.39 is 0 Å². The van der Waals surface area contributed by atoms with Crippen molar-refractivity contribution in [2.45, 2.75) is 51.1 Å². The number of hydrogen-bond donors (Lipinski definition) is 1. The lowest BCUT2D eigenvalue weighted by atomic mass is 10.1. The lowest BCUT2D eigenvalue weighted by Crippen LogP contribution is -2.31. The van der Waals surface area contributed by atoms with Crippen LogP contribution in [-0.4, -0.2) is 40.3 Å². The van der Waals surface area contributed by atoms with Gasteiger partial charge in [-0.2, -0.15) is 15.0 Å². The van der Waals surface area contributed by atoms with Gasteiger partial charge in [0.25, 0.3) is 0 Å². The molecule has 20 heavy (non-hydrogen) atoms. The summed E-state index contributed by atoms with van der Waals surface area (Å²) >= 11 is 1.73. The van der Waals surface area contributed by atoms with Crippen LogP contribution in [0.4, 0.5) is 11.9 Å². The highest BCUT2D eigenvalue weighted by molar-refractivity contribution is 7.99. The highest BCUT2D eigenvalue weighted by Crippen LogP contribution is 2.22. The largest absolute Gasteiger partial charge is 0.354 e. The summed E-state index contributed by atoms with van der Waals surface area (Å²) in [6.07, 6.45) is 6.20. The van der Waals surface area contributed by atoms with Crippen molar-refractivity contribution >= 4 is 23.7 Å². The zero-order valence-corrected chi connectivity index (χ0v) is 13.4. The van der Waals surface area contributed by atoms with Crippen LogP contribution in [0.1, 0.15) is 46.0 Å². The molecule has 0 amide bonds. The van der Waals surface area contributed by atoms with Gasteiger partial charge in [0, 0.05) is 25.4 Å². The summed E-state index contributed by atoms with van der Waals surface area (Å²) in [5.41, 5.74) is 0. The molecule has 0 spiro atoms. The predicted octanol–water partition coefficient (Wildman–Crippen LogP) is 3.19. The van der Waals surface area contributed by atoms with Gasteiger partial charge in [-0.1, -0.05) is 25.1 Å². The molecule has 112 valence electrons. The van der Waals surface area contributed by atoms with Gasteiger partial charge in [0.2, 0.25) is 11.9 Å². The van der Waals surface area contributed by atoms with E-state index in [1.54, 1.807) is 11.8 Å². The number of anilines is 2. The number of piperidine rings is 1. The van der Waals surface area contributed by atoms with Gasteiger partial charge in [0.05, 0.1) is 0 Å². The van der Waals surface area contributed by atoms with E-state index in [2.05, 4.69) is 39.0 Å². The van der Waals surface area contributed by atoms with Crippen LogP contribution in [0.15, 0.2) is 5.16 Å². The first kappa shape index (κ1) is 15.4. The molecule has 1 N–H and O–H groups in total. The van der Waals surface area contributed by atoms with Crippen LogP contribution in [-0.2, 0) is 0 Å². The van der Waals surface area contributed by atoms with E-state index in [9.17, 15) is 0 Å². The second kappa shape index (κ2) is 8.29. The molecule has 2 heterocycles. The first-order chi connectivity index (χ1) is 9.83. The van der Waals surface area contributed by atoms with E-state index in [-0.39, 0.29) is 0 Å². The van der Waals surface area contributed by atoms with Gasteiger partial charge >= 0.3 is 0 Å². The van der Waals surface area contributed by atoms with Crippen molar-refractivity contribution in [3.8, 4) is 0 Å². The van der Waals surface area contributed by atoms with E-state index in [1.165, 1.54) is 32.1 Å². The molecule has 2 rings (SSSR count). The maximum Gasteiger partial charge on any atom is 0.231 e. The molecule has 0 radical (unpaired) electrons. The number of hydrogen-bond acceptors (Lipinski definition) is 6. The molecular weight excluding hydrogens is 270 g/mol. The summed E-state index contributed by atoms with van der Waals surface area (Å²) in [6.45, 7) is 7.23. The third kappa shape index (κ3) is 4.51. The summed E-state index contributed by atoms with van der Waals surface area (Å²) in [6, 6.07) is 0. The molecule has 0 atom stereocenters. The van der Waals surface area contributed by atoms with E-state index in [1.807, 2.05) is 0 Å². The molecule has 1 aliphatic heterocycles. The first-order valence-electron chi connectivity index (χ1n) is 7.71. The van der Waals surface area contributed by atoms with Crippen molar-refractivity contribution < 1.29 is 0 Å². The molecule has 0 aromatic carbocycles. The number of nitrogens with zero attached hydrogens (tertiary/aromatic N) is 4. The first-order valence-corrected chi connectivity index (χ1v) is 8.69. The third-order valence-corrected chi connectivity index (χ3v) is 4.24. The van der Waals surface area contributed by atoms with Gasteiger partial charge in [-0.05, 0) is 32.6 Å². The Labute approximate surface area is 126 Å². The molecule has 5 nitrogen and oxygen atoms in total. The molecule has 0 aliphatic carbocycles. The van der Waals surface area contributed by atoms with Crippen LogP contribution in [0.3, 0.4) is 0 Å². The monoisotopic (exact) mass is 295 g/mol. The van der Waals surface area contributed by atoms with Gasteiger partial charge in [-0.25, -0.2) is 0 Å². The van der Waals surface area contributed by atoms with Gasteiger partial charge in [-0.3, -0.25) is 0 Å². The van der Waals surface area contributed by atoms with Crippen LogP contribution in [0, 0.1) is 0 Å². The molecule has 6 heteroatoms. The van der Waals surface area contributed by atoms with Crippen molar-refractivity contribution in [3.63, 3.8) is 0 Å².